The fourth-order valence-electron chi connectivity index (χ4n) is 6.07. The van der Waals surface area contributed by atoms with Crippen molar-refractivity contribution in [2.24, 2.45) is 0 Å². The minimum absolute atomic E-state index is 0.237. The van der Waals surface area contributed by atoms with Gasteiger partial charge in [-0.3, -0.25) is 23.9 Å². The summed E-state index contributed by atoms with van der Waals surface area (Å²) in [6.45, 7) is 2.33. The smallest absolute Gasteiger partial charge is 0.294 e. The summed E-state index contributed by atoms with van der Waals surface area (Å²) in [5.74, 6) is 0.200. The minimum atomic E-state index is -0.310. The van der Waals surface area contributed by atoms with Crippen molar-refractivity contribution in [1.82, 2.24) is 9.47 Å². The molecule has 2 atom stereocenters. The van der Waals surface area contributed by atoms with Crippen LogP contribution < -0.4 is 24.6 Å². The number of benzene rings is 2. The highest BCUT2D eigenvalue weighted by Gasteiger charge is 2.42. The number of thioether (sulfide) groups is 1. The van der Waals surface area contributed by atoms with E-state index in [-0.39, 0.29) is 18.2 Å². The van der Waals surface area contributed by atoms with Gasteiger partial charge < -0.3 is 14.5 Å². The van der Waals surface area contributed by atoms with Crippen molar-refractivity contribution >= 4 is 80.1 Å². The zero-order valence-corrected chi connectivity index (χ0v) is 25.5. The molecule has 2 aliphatic heterocycles. The predicted octanol–water partition coefficient (Wildman–Crippen LogP) is 3.71. The van der Waals surface area contributed by atoms with Gasteiger partial charge in [-0.1, -0.05) is 36.5 Å². The van der Waals surface area contributed by atoms with E-state index in [1.165, 1.54) is 61.6 Å². The van der Waals surface area contributed by atoms with Gasteiger partial charge in [-0.2, -0.15) is 0 Å². The van der Waals surface area contributed by atoms with Crippen molar-refractivity contribution in [3.8, 4) is 0 Å². The summed E-state index contributed by atoms with van der Waals surface area (Å²) in [7, 11) is 4.09. The Hall–Kier alpha value is -3.41. The largest absolute Gasteiger partial charge is 0.446 e. The molecular formula is C30H30N4O4S3. The molecule has 0 radical (unpaired) electrons. The van der Waals surface area contributed by atoms with Gasteiger partial charge in [-0.05, 0) is 73.4 Å². The molecule has 0 bridgehead atoms. The molecule has 2 unspecified atom stereocenters. The molecule has 1 aliphatic carbocycles. The average molecular weight is 607 g/mol. The Morgan fingerprint density at radius 2 is 1.90 bits per heavy atom. The molecule has 3 heterocycles. The van der Waals surface area contributed by atoms with Crippen molar-refractivity contribution in [3.63, 3.8) is 0 Å². The van der Waals surface area contributed by atoms with Crippen LogP contribution >= 0.6 is 35.3 Å². The number of amides is 1. The van der Waals surface area contributed by atoms with E-state index in [4.69, 9.17) is 17.0 Å². The molecule has 11 heteroatoms. The summed E-state index contributed by atoms with van der Waals surface area (Å²) in [4.78, 5) is 43.9. The first-order chi connectivity index (χ1) is 19.8. The number of hydrogen-bond acceptors (Lipinski definition) is 9. The Labute approximate surface area is 251 Å². The second-order valence-corrected chi connectivity index (χ2v) is 13.2. The lowest BCUT2D eigenvalue weighted by Gasteiger charge is -2.27. The van der Waals surface area contributed by atoms with Gasteiger partial charge in [0.1, 0.15) is 13.9 Å². The zero-order chi connectivity index (χ0) is 28.8. The van der Waals surface area contributed by atoms with E-state index in [2.05, 4.69) is 46.2 Å². The van der Waals surface area contributed by atoms with Gasteiger partial charge in [-0.25, -0.2) is 0 Å². The number of rotatable bonds is 7. The van der Waals surface area contributed by atoms with Crippen LogP contribution in [0.1, 0.15) is 43.2 Å². The number of fused-ring (bicyclic) bond motifs is 3. The number of aromatic nitrogens is 1. The van der Waals surface area contributed by atoms with Crippen LogP contribution in [0.15, 0.2) is 47.3 Å². The van der Waals surface area contributed by atoms with E-state index < -0.39 is 0 Å². The standard InChI is InChI=1S/C30H30N4O4S3/c1-4-32-28(37)26(41-30(32)39)29-33(16-38-17-35)27(36)25(40-29)15-18-8-13-24-22(14-18)21-6-5-7-23(21)34(24)20-11-9-19(10-12-20)31(2)3/h8-15,17,21,23H,4-7,16H2,1-3H3. The molecule has 0 N–H and O–H groups in total. The number of hydrogen-bond donors (Lipinski definition) is 0. The Balaban J connectivity index is 1.43. The van der Waals surface area contributed by atoms with Crippen molar-refractivity contribution < 1.29 is 14.3 Å². The molecule has 3 aliphatic rings. The van der Waals surface area contributed by atoms with Gasteiger partial charge >= 0.3 is 0 Å². The second kappa shape index (κ2) is 11.1. The van der Waals surface area contributed by atoms with E-state index in [0.717, 1.165) is 18.4 Å². The monoisotopic (exact) mass is 606 g/mol. The molecule has 212 valence electrons. The number of thiocarbonyl (C=S) groups is 1. The van der Waals surface area contributed by atoms with E-state index >= 15 is 0 Å². The lowest BCUT2D eigenvalue weighted by Crippen LogP contribution is -2.34. The molecule has 41 heavy (non-hydrogen) atoms. The SMILES string of the molecule is CCN1C(=O)C(=c2sc(=Cc3ccc4c(c3)C3CCCC3N4c3ccc(N(C)C)cc3)c(=O)n2COC=O)SC1=S. The Morgan fingerprint density at radius 3 is 2.59 bits per heavy atom. The molecule has 1 saturated carbocycles. The second-order valence-electron chi connectivity index (χ2n) is 10.5. The third-order valence-electron chi connectivity index (χ3n) is 8.00. The van der Waals surface area contributed by atoms with Gasteiger partial charge in [0, 0.05) is 49.7 Å². The molecule has 0 spiro atoms. The average Bonchev–Trinajstić information content (AvgIpc) is 3.70. The highest BCUT2D eigenvalue weighted by atomic mass is 32.2. The van der Waals surface area contributed by atoms with E-state index in [9.17, 15) is 14.4 Å². The third kappa shape index (κ3) is 4.79. The van der Waals surface area contributed by atoms with Crippen molar-refractivity contribution in [2.45, 2.75) is 44.9 Å². The first kappa shape index (κ1) is 27.7. The molecule has 1 amide bonds. The quantitative estimate of drug-likeness (QED) is 0.298. The maximum Gasteiger partial charge on any atom is 0.294 e. The van der Waals surface area contributed by atoms with Crippen LogP contribution in [0.2, 0.25) is 0 Å². The van der Waals surface area contributed by atoms with Crippen molar-refractivity contribution in [1.29, 1.82) is 0 Å². The topological polar surface area (TPSA) is 75.1 Å². The first-order valence-corrected chi connectivity index (χ1v) is 15.6. The molecule has 6 rings (SSSR count). The Bertz CT molecular complexity index is 1730. The summed E-state index contributed by atoms with van der Waals surface area (Å²) in [5, 5.41) is 0. The molecule has 3 aromatic rings. The highest BCUT2D eigenvalue weighted by molar-refractivity contribution is 8.30. The third-order valence-corrected chi connectivity index (χ3v) is 10.7. The predicted molar refractivity (Wildman–Crippen MR) is 169 cm³/mol. The number of ether oxygens (including phenoxy) is 1. The number of thiazole rings is 1. The molecular weight excluding hydrogens is 577 g/mol. The van der Waals surface area contributed by atoms with Crippen LogP contribution in [0.4, 0.5) is 17.1 Å². The summed E-state index contributed by atoms with van der Waals surface area (Å²) in [6.07, 6.45) is 5.33. The van der Waals surface area contributed by atoms with E-state index in [1.54, 1.807) is 0 Å². The van der Waals surface area contributed by atoms with Crippen LogP contribution in [-0.4, -0.2) is 52.8 Å². The summed E-state index contributed by atoms with van der Waals surface area (Å²) >= 11 is 7.77. The number of carbonyl (C=O) groups is 2. The zero-order valence-electron chi connectivity index (χ0n) is 23.0. The number of nitrogens with zero attached hydrogens (tertiary/aromatic N) is 4. The van der Waals surface area contributed by atoms with E-state index in [1.807, 2.05) is 33.2 Å². The fraction of sp³-hybridized carbons (Fsp3) is 0.333. The molecule has 1 saturated heterocycles. The number of anilines is 3. The Morgan fingerprint density at radius 1 is 1.12 bits per heavy atom. The first-order valence-electron chi connectivity index (χ1n) is 13.6. The van der Waals surface area contributed by atoms with Crippen molar-refractivity contribution in [2.75, 3.05) is 30.4 Å². The molecule has 2 aromatic carbocycles. The van der Waals surface area contributed by atoms with Gasteiger partial charge in [0.05, 0.1) is 4.53 Å². The van der Waals surface area contributed by atoms with Crippen LogP contribution in [0.25, 0.3) is 11.0 Å². The fourth-order valence-corrected chi connectivity index (χ4v) is 8.70. The van der Waals surface area contributed by atoms with Crippen molar-refractivity contribution in [3.05, 3.63) is 73.1 Å². The maximum absolute atomic E-state index is 13.5. The highest BCUT2D eigenvalue weighted by Crippen LogP contribution is 2.52. The maximum atomic E-state index is 13.5. The van der Waals surface area contributed by atoms with Crippen LogP contribution in [0.3, 0.4) is 0 Å². The van der Waals surface area contributed by atoms with Crippen LogP contribution in [-0.2, 0) is 21.1 Å². The van der Waals surface area contributed by atoms with Crippen LogP contribution in [0, 0.1) is 0 Å². The van der Waals surface area contributed by atoms with E-state index in [0.29, 0.717) is 43.4 Å². The Kier molecular flexibility index (Phi) is 7.52. The van der Waals surface area contributed by atoms with Gasteiger partial charge in [0.25, 0.3) is 17.9 Å². The molecule has 1 aromatic heterocycles. The lowest BCUT2D eigenvalue weighted by molar-refractivity contribution is -0.132. The molecule has 2 fully saturated rings. The minimum Gasteiger partial charge on any atom is -0.446 e. The van der Waals surface area contributed by atoms with Crippen LogP contribution in [0.5, 0.6) is 0 Å². The summed E-state index contributed by atoms with van der Waals surface area (Å²) in [6, 6.07) is 15.5. The summed E-state index contributed by atoms with van der Waals surface area (Å²) in [5.41, 5.74) is 5.50. The van der Waals surface area contributed by atoms with Gasteiger partial charge in [0.15, 0.2) is 6.73 Å². The summed E-state index contributed by atoms with van der Waals surface area (Å²) < 4.78 is 7.65. The van der Waals surface area contributed by atoms with Gasteiger partial charge in [0.2, 0.25) is 0 Å². The lowest BCUT2D eigenvalue weighted by atomic mass is 9.96. The number of carbonyl (C=O) groups excluding carboxylic acids is 2. The molecule has 8 nitrogen and oxygen atoms in total. The van der Waals surface area contributed by atoms with Gasteiger partial charge in [-0.15, -0.1) is 11.3 Å². The normalized spacial score (nSPS) is 21.5.